The minimum Gasteiger partial charge on any atom is -0.396 e. The molecule has 2 aliphatic rings. The van der Waals surface area contributed by atoms with E-state index in [0.717, 1.165) is 56.8 Å². The molecule has 3 rings (SSSR count). The summed E-state index contributed by atoms with van der Waals surface area (Å²) in [6, 6.07) is 8.83. The van der Waals surface area contributed by atoms with Crippen molar-refractivity contribution in [2.24, 2.45) is 10.9 Å². The second-order valence-electron chi connectivity index (χ2n) is 8.58. The lowest BCUT2D eigenvalue weighted by molar-refractivity contribution is 0.0744. The molecule has 0 saturated carbocycles. The van der Waals surface area contributed by atoms with Crippen molar-refractivity contribution in [3.8, 4) is 0 Å². The molecular formula is C23H38F2IN5O. The topological polar surface area (TPSA) is 63.1 Å². The van der Waals surface area contributed by atoms with Gasteiger partial charge in [0, 0.05) is 51.1 Å². The molecule has 9 heteroatoms. The summed E-state index contributed by atoms with van der Waals surface area (Å²) in [6.07, 6.45) is 1.52. The minimum atomic E-state index is -2.26. The van der Waals surface area contributed by atoms with Crippen LogP contribution >= 0.6 is 24.0 Å². The van der Waals surface area contributed by atoms with Crippen LogP contribution < -0.4 is 15.5 Å². The average Bonchev–Trinajstić information content (AvgIpc) is 2.79. The lowest BCUT2D eigenvalue weighted by Crippen LogP contribution is -2.49. The van der Waals surface area contributed by atoms with Gasteiger partial charge in [-0.1, -0.05) is 12.1 Å². The quantitative estimate of drug-likeness (QED) is 0.257. The van der Waals surface area contributed by atoms with Gasteiger partial charge in [0.1, 0.15) is 0 Å². The van der Waals surface area contributed by atoms with E-state index in [1.807, 2.05) is 11.8 Å². The fourth-order valence-electron chi connectivity index (χ4n) is 4.32. The van der Waals surface area contributed by atoms with Crippen LogP contribution in [-0.4, -0.2) is 74.3 Å². The van der Waals surface area contributed by atoms with Crippen LogP contribution in [0.1, 0.15) is 38.2 Å². The highest BCUT2D eigenvalue weighted by Crippen LogP contribution is 2.23. The molecule has 1 aromatic carbocycles. The Labute approximate surface area is 207 Å². The molecule has 32 heavy (non-hydrogen) atoms. The minimum absolute atomic E-state index is 0. The summed E-state index contributed by atoms with van der Waals surface area (Å²) in [5.74, 6) is 1.23. The molecule has 6 nitrogen and oxygen atoms in total. The van der Waals surface area contributed by atoms with Crippen molar-refractivity contribution in [1.29, 1.82) is 0 Å². The Morgan fingerprint density at radius 3 is 2.31 bits per heavy atom. The highest BCUT2D eigenvalue weighted by Gasteiger charge is 2.22. The fraction of sp³-hybridized carbons (Fsp3) is 0.696. The van der Waals surface area contributed by atoms with Crippen LogP contribution in [0, 0.1) is 5.92 Å². The maximum atomic E-state index is 12.6. The van der Waals surface area contributed by atoms with E-state index in [4.69, 9.17) is 4.99 Å². The molecule has 0 spiro atoms. The maximum absolute atomic E-state index is 12.6. The first-order valence-electron chi connectivity index (χ1n) is 11.6. The highest BCUT2D eigenvalue weighted by molar-refractivity contribution is 14.0. The van der Waals surface area contributed by atoms with Crippen LogP contribution in [-0.2, 0) is 6.54 Å². The van der Waals surface area contributed by atoms with Gasteiger partial charge in [-0.2, -0.15) is 0 Å². The first kappa shape index (κ1) is 27.0. The van der Waals surface area contributed by atoms with Crippen LogP contribution in [0.25, 0.3) is 0 Å². The van der Waals surface area contributed by atoms with E-state index >= 15 is 0 Å². The number of piperidine rings is 2. The third-order valence-electron chi connectivity index (χ3n) is 6.26. The van der Waals surface area contributed by atoms with Crippen LogP contribution in [0.2, 0.25) is 0 Å². The fourth-order valence-corrected chi connectivity index (χ4v) is 4.32. The summed E-state index contributed by atoms with van der Waals surface area (Å²) in [5, 5.41) is 16.1. The molecule has 3 N–H and O–H groups in total. The number of nitrogens with one attached hydrogen (secondary N) is 2. The van der Waals surface area contributed by atoms with E-state index in [9.17, 15) is 13.9 Å². The molecule has 0 aliphatic carbocycles. The van der Waals surface area contributed by atoms with Crippen molar-refractivity contribution >= 4 is 35.6 Å². The summed E-state index contributed by atoms with van der Waals surface area (Å²) in [6.45, 7) is 6.94. The van der Waals surface area contributed by atoms with Gasteiger partial charge in [-0.25, -0.2) is 13.8 Å². The van der Waals surface area contributed by atoms with Gasteiger partial charge in [0.2, 0.25) is 0 Å². The van der Waals surface area contributed by atoms with Crippen LogP contribution in [0.3, 0.4) is 0 Å². The second-order valence-corrected chi connectivity index (χ2v) is 8.58. The van der Waals surface area contributed by atoms with Crippen molar-refractivity contribution in [1.82, 2.24) is 15.5 Å². The number of alkyl halides is 2. The largest absolute Gasteiger partial charge is 0.396 e. The molecule has 182 valence electrons. The standard InChI is InChI=1S/C23H37F2N5O.HI/c1-2-26-23(28-20-9-11-29(12-10-20)16-22(24)25)27-15-18-3-5-21(6-4-18)30-13-7-19(17-31)8-14-30;/h3-6,19-20,22,31H,2,7-17H2,1H3,(H2,26,27,28);1H. The monoisotopic (exact) mass is 565 g/mol. The van der Waals surface area contributed by atoms with E-state index < -0.39 is 6.43 Å². The van der Waals surface area contributed by atoms with E-state index in [1.165, 1.54) is 5.69 Å². The smallest absolute Gasteiger partial charge is 0.251 e. The number of halogens is 3. The molecular weight excluding hydrogens is 527 g/mol. The van der Waals surface area contributed by atoms with Crippen LogP contribution in [0.5, 0.6) is 0 Å². The number of guanidine groups is 1. The van der Waals surface area contributed by atoms with Crippen molar-refractivity contribution in [2.45, 2.75) is 51.6 Å². The van der Waals surface area contributed by atoms with E-state index in [0.29, 0.717) is 32.2 Å². The lowest BCUT2D eigenvalue weighted by Gasteiger charge is -2.33. The molecule has 0 radical (unpaired) electrons. The van der Waals surface area contributed by atoms with Crippen molar-refractivity contribution in [3.05, 3.63) is 29.8 Å². The molecule has 2 saturated heterocycles. The number of nitrogens with zero attached hydrogens (tertiary/aromatic N) is 3. The van der Waals surface area contributed by atoms with Gasteiger partial charge in [0.05, 0.1) is 13.1 Å². The molecule has 0 aromatic heterocycles. The zero-order valence-corrected chi connectivity index (χ0v) is 21.3. The summed E-state index contributed by atoms with van der Waals surface area (Å²) >= 11 is 0. The Hall–Kier alpha value is -1.20. The van der Waals surface area contributed by atoms with E-state index in [-0.39, 0.29) is 36.6 Å². The molecule has 0 bridgehead atoms. The Bertz CT molecular complexity index is 675. The first-order chi connectivity index (χ1) is 15.1. The SMILES string of the molecule is CCNC(=NCc1ccc(N2CCC(CO)CC2)cc1)NC1CCN(CC(F)F)CC1.I. The molecule has 1 aromatic rings. The molecule has 0 atom stereocenters. The number of anilines is 1. The summed E-state index contributed by atoms with van der Waals surface area (Å²) in [5.41, 5.74) is 2.38. The molecule has 2 aliphatic heterocycles. The molecule has 2 fully saturated rings. The number of hydrogen-bond acceptors (Lipinski definition) is 4. The van der Waals surface area contributed by atoms with Gasteiger partial charge < -0.3 is 20.6 Å². The van der Waals surface area contributed by atoms with Crippen molar-refractivity contribution in [2.75, 3.05) is 50.8 Å². The number of aliphatic hydroxyl groups is 1. The highest BCUT2D eigenvalue weighted by atomic mass is 127. The number of benzene rings is 1. The van der Waals surface area contributed by atoms with Crippen molar-refractivity contribution < 1.29 is 13.9 Å². The third-order valence-corrected chi connectivity index (χ3v) is 6.26. The normalized spacial score (nSPS) is 19.2. The van der Waals surface area contributed by atoms with E-state index in [2.05, 4.69) is 39.8 Å². The Morgan fingerprint density at radius 2 is 1.75 bits per heavy atom. The Balaban J connectivity index is 0.00000363. The number of likely N-dealkylation sites (tertiary alicyclic amines) is 1. The first-order valence-corrected chi connectivity index (χ1v) is 11.6. The number of aliphatic hydroxyl groups excluding tert-OH is 1. The van der Waals surface area contributed by atoms with Gasteiger partial charge in [0.15, 0.2) is 5.96 Å². The van der Waals surface area contributed by atoms with Crippen LogP contribution in [0.4, 0.5) is 14.5 Å². The van der Waals surface area contributed by atoms with Gasteiger partial charge >= 0.3 is 0 Å². The predicted molar refractivity (Wildman–Crippen MR) is 137 cm³/mol. The molecule has 0 unspecified atom stereocenters. The third kappa shape index (κ3) is 8.62. The predicted octanol–water partition coefficient (Wildman–Crippen LogP) is 3.30. The van der Waals surface area contributed by atoms with Crippen molar-refractivity contribution in [3.63, 3.8) is 0 Å². The Kier molecular flexibility index (Phi) is 12.0. The van der Waals surface area contributed by atoms with Gasteiger partial charge in [-0.15, -0.1) is 24.0 Å². The zero-order valence-electron chi connectivity index (χ0n) is 19.0. The average molecular weight is 565 g/mol. The number of aliphatic imine (C=N–C) groups is 1. The zero-order chi connectivity index (χ0) is 22.1. The van der Waals surface area contributed by atoms with Gasteiger partial charge in [-0.05, 0) is 56.2 Å². The van der Waals surface area contributed by atoms with Gasteiger partial charge in [-0.3, -0.25) is 4.90 Å². The Morgan fingerprint density at radius 1 is 1.09 bits per heavy atom. The molecule has 2 heterocycles. The van der Waals surface area contributed by atoms with E-state index in [1.54, 1.807) is 0 Å². The summed E-state index contributed by atoms with van der Waals surface area (Å²) < 4.78 is 25.1. The molecule has 0 amide bonds. The summed E-state index contributed by atoms with van der Waals surface area (Å²) in [7, 11) is 0. The lowest BCUT2D eigenvalue weighted by atomic mass is 9.97. The number of hydrogen-bond donors (Lipinski definition) is 3. The maximum Gasteiger partial charge on any atom is 0.251 e. The van der Waals surface area contributed by atoms with Gasteiger partial charge in [0.25, 0.3) is 6.43 Å². The second kappa shape index (κ2) is 14.1. The number of rotatable bonds is 8. The van der Waals surface area contributed by atoms with Crippen LogP contribution in [0.15, 0.2) is 29.3 Å². The summed E-state index contributed by atoms with van der Waals surface area (Å²) in [4.78, 5) is 8.94.